The third-order valence-corrected chi connectivity index (χ3v) is 4.19. The van der Waals surface area contributed by atoms with Gasteiger partial charge in [0.2, 0.25) is 0 Å². The summed E-state index contributed by atoms with van der Waals surface area (Å²) in [6.07, 6.45) is 0.440. The molecule has 0 spiro atoms. The number of nitrogens with two attached hydrogens (primary N) is 1. The second kappa shape index (κ2) is 7.69. The fourth-order valence-corrected chi connectivity index (χ4v) is 2.56. The molecular formula is C17H19BrFNO. The molecule has 0 fully saturated rings. The van der Waals surface area contributed by atoms with Crippen molar-refractivity contribution in [3.8, 4) is 0 Å². The van der Waals surface area contributed by atoms with Gasteiger partial charge < -0.3 is 10.5 Å². The van der Waals surface area contributed by atoms with Crippen LogP contribution in [0.1, 0.15) is 30.6 Å². The second-order valence-corrected chi connectivity index (χ2v) is 5.80. The standard InChI is InChI=1S/C17H19BrFNO/c1-2-16(20)17(12-7-5-8-14(19)10-12)21-11-13-6-3-4-9-15(13)18/h3-10,16-17H,2,11,20H2,1H3. The molecule has 2 unspecified atom stereocenters. The van der Waals surface area contributed by atoms with E-state index in [0.29, 0.717) is 6.61 Å². The highest BCUT2D eigenvalue weighted by molar-refractivity contribution is 9.10. The van der Waals surface area contributed by atoms with Crippen molar-refractivity contribution in [3.63, 3.8) is 0 Å². The first-order valence-electron chi connectivity index (χ1n) is 6.98. The summed E-state index contributed by atoms with van der Waals surface area (Å²) in [4.78, 5) is 0. The number of rotatable bonds is 6. The van der Waals surface area contributed by atoms with E-state index >= 15 is 0 Å². The van der Waals surface area contributed by atoms with E-state index in [1.807, 2.05) is 37.3 Å². The lowest BCUT2D eigenvalue weighted by molar-refractivity contribution is 0.0208. The van der Waals surface area contributed by atoms with Crippen LogP contribution in [0.5, 0.6) is 0 Å². The zero-order valence-corrected chi connectivity index (χ0v) is 13.5. The summed E-state index contributed by atoms with van der Waals surface area (Å²) < 4.78 is 20.4. The van der Waals surface area contributed by atoms with Gasteiger partial charge in [-0.15, -0.1) is 0 Å². The minimum atomic E-state index is -0.321. The fraction of sp³-hybridized carbons (Fsp3) is 0.294. The predicted molar refractivity (Wildman–Crippen MR) is 86.3 cm³/mol. The van der Waals surface area contributed by atoms with Crippen LogP contribution in [-0.4, -0.2) is 6.04 Å². The van der Waals surface area contributed by atoms with Crippen LogP contribution in [-0.2, 0) is 11.3 Å². The van der Waals surface area contributed by atoms with E-state index in [2.05, 4.69) is 15.9 Å². The van der Waals surface area contributed by atoms with Crippen LogP contribution in [0.25, 0.3) is 0 Å². The molecule has 0 saturated carbocycles. The smallest absolute Gasteiger partial charge is 0.123 e. The quantitative estimate of drug-likeness (QED) is 0.826. The monoisotopic (exact) mass is 351 g/mol. The first-order valence-corrected chi connectivity index (χ1v) is 7.77. The van der Waals surface area contributed by atoms with Crippen LogP contribution in [0.3, 0.4) is 0 Å². The number of hydrogen-bond acceptors (Lipinski definition) is 2. The molecule has 21 heavy (non-hydrogen) atoms. The van der Waals surface area contributed by atoms with E-state index < -0.39 is 0 Å². The van der Waals surface area contributed by atoms with E-state index in [0.717, 1.165) is 22.0 Å². The Kier molecular flexibility index (Phi) is 5.91. The molecule has 0 aromatic heterocycles. The molecule has 2 aromatic carbocycles. The summed E-state index contributed by atoms with van der Waals surface area (Å²) >= 11 is 3.50. The Balaban J connectivity index is 2.16. The van der Waals surface area contributed by atoms with Gasteiger partial charge in [-0.25, -0.2) is 4.39 Å². The molecule has 0 radical (unpaired) electrons. The lowest BCUT2D eigenvalue weighted by atomic mass is 10.0. The van der Waals surface area contributed by atoms with E-state index in [4.69, 9.17) is 10.5 Å². The SMILES string of the molecule is CCC(N)C(OCc1ccccc1Br)c1cccc(F)c1. The molecule has 2 aromatic rings. The summed E-state index contributed by atoms with van der Waals surface area (Å²) in [5, 5.41) is 0. The highest BCUT2D eigenvalue weighted by atomic mass is 79.9. The maximum absolute atomic E-state index is 13.4. The van der Waals surface area contributed by atoms with Crippen molar-refractivity contribution in [2.75, 3.05) is 0 Å². The predicted octanol–water partition coefficient (Wildman–Crippen LogP) is 4.58. The molecule has 2 nitrogen and oxygen atoms in total. The van der Waals surface area contributed by atoms with Crippen molar-refractivity contribution < 1.29 is 9.13 Å². The number of hydrogen-bond donors (Lipinski definition) is 1. The van der Waals surface area contributed by atoms with Gasteiger partial charge in [0.15, 0.2) is 0 Å². The molecule has 0 amide bonds. The molecule has 4 heteroatoms. The lowest BCUT2D eigenvalue weighted by Crippen LogP contribution is -2.29. The van der Waals surface area contributed by atoms with Gasteiger partial charge in [0.05, 0.1) is 12.7 Å². The first-order chi connectivity index (χ1) is 10.1. The molecule has 0 aliphatic rings. The molecule has 0 aliphatic carbocycles. The minimum Gasteiger partial charge on any atom is -0.367 e. The lowest BCUT2D eigenvalue weighted by Gasteiger charge is -2.24. The third kappa shape index (κ3) is 4.37. The normalized spacial score (nSPS) is 13.9. The highest BCUT2D eigenvalue weighted by Gasteiger charge is 2.20. The van der Waals surface area contributed by atoms with Gasteiger partial charge in [0, 0.05) is 10.5 Å². The average Bonchev–Trinajstić information content (AvgIpc) is 2.49. The van der Waals surface area contributed by atoms with Gasteiger partial charge in [-0.1, -0.05) is 53.2 Å². The van der Waals surface area contributed by atoms with E-state index in [1.165, 1.54) is 12.1 Å². The highest BCUT2D eigenvalue weighted by Crippen LogP contribution is 2.26. The van der Waals surface area contributed by atoms with Crippen LogP contribution >= 0.6 is 15.9 Å². The van der Waals surface area contributed by atoms with Crippen molar-refractivity contribution in [3.05, 3.63) is 69.9 Å². The average molecular weight is 352 g/mol. The van der Waals surface area contributed by atoms with Crippen molar-refractivity contribution in [2.24, 2.45) is 5.73 Å². The summed E-state index contributed by atoms with van der Waals surface area (Å²) in [5.74, 6) is -0.273. The van der Waals surface area contributed by atoms with Crippen molar-refractivity contribution in [2.45, 2.75) is 32.1 Å². The molecule has 0 bridgehead atoms. The number of halogens is 2. The molecule has 0 aliphatic heterocycles. The zero-order valence-electron chi connectivity index (χ0n) is 11.9. The number of benzene rings is 2. The van der Waals surface area contributed by atoms with Crippen LogP contribution in [0, 0.1) is 5.82 Å². The number of ether oxygens (including phenoxy) is 1. The molecule has 0 heterocycles. The van der Waals surface area contributed by atoms with Gasteiger partial charge in [-0.2, -0.15) is 0 Å². The van der Waals surface area contributed by atoms with Crippen LogP contribution in [0.15, 0.2) is 53.0 Å². The van der Waals surface area contributed by atoms with Crippen molar-refractivity contribution >= 4 is 15.9 Å². The van der Waals surface area contributed by atoms with Crippen molar-refractivity contribution in [1.82, 2.24) is 0 Å². The summed E-state index contributed by atoms with van der Waals surface area (Å²) in [6, 6.07) is 14.1. The Bertz CT molecular complexity index is 591. The maximum atomic E-state index is 13.4. The van der Waals surface area contributed by atoms with E-state index in [1.54, 1.807) is 6.07 Å². The Hall–Kier alpha value is -1.23. The van der Waals surface area contributed by atoms with E-state index in [-0.39, 0.29) is 18.0 Å². The topological polar surface area (TPSA) is 35.2 Å². The Labute approximate surface area is 133 Å². The molecule has 2 rings (SSSR count). The molecule has 0 saturated heterocycles. The largest absolute Gasteiger partial charge is 0.367 e. The third-order valence-electron chi connectivity index (χ3n) is 3.41. The van der Waals surface area contributed by atoms with Gasteiger partial charge >= 0.3 is 0 Å². The Morgan fingerprint density at radius 2 is 1.95 bits per heavy atom. The summed E-state index contributed by atoms with van der Waals surface area (Å²) in [5.41, 5.74) is 7.96. The zero-order chi connectivity index (χ0) is 15.2. The van der Waals surface area contributed by atoms with Gasteiger partial charge in [0.25, 0.3) is 0 Å². The van der Waals surface area contributed by atoms with Crippen molar-refractivity contribution in [1.29, 1.82) is 0 Å². The van der Waals surface area contributed by atoms with Gasteiger partial charge in [-0.05, 0) is 35.7 Å². The first kappa shape index (κ1) is 16.1. The molecule has 2 N–H and O–H groups in total. The Morgan fingerprint density at radius 1 is 1.19 bits per heavy atom. The van der Waals surface area contributed by atoms with Crippen LogP contribution in [0.4, 0.5) is 4.39 Å². The van der Waals surface area contributed by atoms with Gasteiger partial charge in [-0.3, -0.25) is 0 Å². The summed E-state index contributed by atoms with van der Waals surface area (Å²) in [7, 11) is 0. The van der Waals surface area contributed by atoms with E-state index in [9.17, 15) is 4.39 Å². The second-order valence-electron chi connectivity index (χ2n) is 4.95. The molecule has 112 valence electrons. The van der Waals surface area contributed by atoms with Crippen LogP contribution < -0.4 is 5.73 Å². The molecular weight excluding hydrogens is 333 g/mol. The minimum absolute atomic E-state index is 0.172. The van der Waals surface area contributed by atoms with Gasteiger partial charge in [0.1, 0.15) is 5.82 Å². The summed E-state index contributed by atoms with van der Waals surface area (Å²) in [6.45, 7) is 2.43. The maximum Gasteiger partial charge on any atom is 0.123 e. The molecule has 2 atom stereocenters. The Morgan fingerprint density at radius 3 is 2.62 bits per heavy atom. The fourth-order valence-electron chi connectivity index (χ4n) is 2.16. The van der Waals surface area contributed by atoms with Crippen LogP contribution in [0.2, 0.25) is 0 Å².